The predicted octanol–water partition coefficient (Wildman–Crippen LogP) is 0.841. The van der Waals surface area contributed by atoms with Crippen LogP contribution in [0.2, 0.25) is 5.15 Å². The predicted molar refractivity (Wildman–Crippen MR) is 64.9 cm³/mol. The fourth-order valence-corrected chi connectivity index (χ4v) is 1.96. The molecule has 0 saturated carbocycles. The van der Waals surface area contributed by atoms with Crippen LogP contribution in [0.1, 0.15) is 0 Å². The first kappa shape index (κ1) is 13.0. The first-order chi connectivity index (χ1) is 8.61. The van der Waals surface area contributed by atoms with E-state index in [0.29, 0.717) is 19.7 Å². The lowest BCUT2D eigenvalue weighted by molar-refractivity contribution is -0.384. The van der Waals surface area contributed by atoms with Crippen LogP contribution in [0.4, 0.5) is 11.5 Å². The Morgan fingerprint density at radius 1 is 1.67 bits per heavy atom. The summed E-state index contributed by atoms with van der Waals surface area (Å²) < 4.78 is 5.29. The Kier molecular flexibility index (Phi) is 3.95. The van der Waals surface area contributed by atoms with Crippen molar-refractivity contribution in [1.82, 2.24) is 4.98 Å². The molecule has 0 aromatic carbocycles. The van der Waals surface area contributed by atoms with Crippen LogP contribution in [0.3, 0.4) is 0 Å². The van der Waals surface area contributed by atoms with Gasteiger partial charge in [0.1, 0.15) is 5.15 Å². The highest BCUT2D eigenvalue weighted by Gasteiger charge is 2.27. The molecule has 1 N–H and O–H groups in total. The van der Waals surface area contributed by atoms with Crippen molar-refractivity contribution < 1.29 is 14.8 Å². The Bertz CT molecular complexity index is 457. The molecule has 0 aliphatic carbocycles. The number of aromatic nitrogens is 1. The van der Waals surface area contributed by atoms with Crippen LogP contribution >= 0.6 is 11.6 Å². The van der Waals surface area contributed by atoms with Gasteiger partial charge in [-0.1, -0.05) is 11.6 Å². The molecule has 2 rings (SSSR count). The van der Waals surface area contributed by atoms with Crippen molar-refractivity contribution in [3.63, 3.8) is 0 Å². The van der Waals surface area contributed by atoms with Gasteiger partial charge in [0, 0.05) is 19.2 Å². The van der Waals surface area contributed by atoms with Crippen molar-refractivity contribution in [2.24, 2.45) is 0 Å². The lowest BCUT2D eigenvalue weighted by Gasteiger charge is -2.32. The molecule has 98 valence electrons. The fourth-order valence-electron chi connectivity index (χ4n) is 1.82. The number of aliphatic hydroxyl groups is 1. The highest BCUT2D eigenvalue weighted by atomic mass is 35.5. The van der Waals surface area contributed by atoms with Crippen molar-refractivity contribution in [1.29, 1.82) is 0 Å². The van der Waals surface area contributed by atoms with Gasteiger partial charge in [-0.15, -0.1) is 0 Å². The summed E-state index contributed by atoms with van der Waals surface area (Å²) in [7, 11) is 0. The minimum atomic E-state index is -0.498. The summed E-state index contributed by atoms with van der Waals surface area (Å²) in [6.07, 6.45) is -0.362. The molecule has 0 amide bonds. The molecular weight excluding hydrogens is 262 g/mol. The molecule has 1 aromatic heterocycles. The maximum Gasteiger partial charge on any atom is 0.311 e. The van der Waals surface area contributed by atoms with Crippen molar-refractivity contribution in [3.05, 3.63) is 27.4 Å². The maximum atomic E-state index is 10.9. The number of aliphatic hydroxyl groups excluding tert-OH is 1. The number of morpholine rings is 1. The molecular formula is C10H12ClN3O4. The van der Waals surface area contributed by atoms with E-state index in [0.717, 1.165) is 0 Å². The first-order valence-corrected chi connectivity index (χ1v) is 5.78. The summed E-state index contributed by atoms with van der Waals surface area (Å²) in [5.74, 6) is 0.217. The first-order valence-electron chi connectivity index (χ1n) is 5.40. The molecule has 8 heteroatoms. The molecule has 2 heterocycles. The average molecular weight is 274 g/mol. The van der Waals surface area contributed by atoms with E-state index in [1.54, 1.807) is 4.90 Å². The third-order valence-electron chi connectivity index (χ3n) is 2.66. The molecule has 1 atom stereocenters. The van der Waals surface area contributed by atoms with E-state index < -0.39 is 4.92 Å². The second kappa shape index (κ2) is 5.47. The van der Waals surface area contributed by atoms with Crippen LogP contribution in [0.25, 0.3) is 0 Å². The number of ether oxygens (including phenoxy) is 1. The van der Waals surface area contributed by atoms with Gasteiger partial charge >= 0.3 is 5.69 Å². The maximum absolute atomic E-state index is 10.9. The van der Waals surface area contributed by atoms with E-state index in [-0.39, 0.29) is 29.4 Å². The van der Waals surface area contributed by atoms with Crippen LogP contribution in [0.5, 0.6) is 0 Å². The lowest BCUT2D eigenvalue weighted by Crippen LogP contribution is -2.44. The number of pyridine rings is 1. The van der Waals surface area contributed by atoms with Gasteiger partial charge in [-0.2, -0.15) is 0 Å². The quantitative estimate of drug-likeness (QED) is 0.499. The third kappa shape index (κ3) is 2.69. The number of hydrogen-bond donors (Lipinski definition) is 1. The smallest absolute Gasteiger partial charge is 0.311 e. The minimum Gasteiger partial charge on any atom is -0.394 e. The van der Waals surface area contributed by atoms with Gasteiger partial charge < -0.3 is 14.7 Å². The Morgan fingerprint density at radius 2 is 2.44 bits per heavy atom. The van der Waals surface area contributed by atoms with Gasteiger partial charge in [-0.25, -0.2) is 4.98 Å². The zero-order valence-corrected chi connectivity index (χ0v) is 10.2. The average Bonchev–Trinajstić information content (AvgIpc) is 2.38. The van der Waals surface area contributed by atoms with E-state index >= 15 is 0 Å². The zero-order chi connectivity index (χ0) is 13.1. The molecule has 1 aromatic rings. The minimum absolute atomic E-state index is 0.0991. The number of nitro groups is 1. The third-order valence-corrected chi connectivity index (χ3v) is 2.87. The van der Waals surface area contributed by atoms with Crippen LogP contribution in [0.15, 0.2) is 12.1 Å². The molecule has 1 aliphatic heterocycles. The van der Waals surface area contributed by atoms with Crippen LogP contribution in [0, 0.1) is 10.1 Å². The zero-order valence-electron chi connectivity index (χ0n) is 9.45. The molecule has 1 aliphatic rings. The van der Waals surface area contributed by atoms with Gasteiger partial charge in [-0.3, -0.25) is 10.1 Å². The summed E-state index contributed by atoms with van der Waals surface area (Å²) in [6.45, 7) is 1.08. The van der Waals surface area contributed by atoms with Gasteiger partial charge in [0.2, 0.25) is 5.82 Å². The number of nitrogens with zero attached hydrogens (tertiary/aromatic N) is 3. The van der Waals surface area contributed by atoms with E-state index in [2.05, 4.69) is 4.98 Å². The van der Waals surface area contributed by atoms with E-state index in [9.17, 15) is 10.1 Å². The standard InChI is InChI=1S/C10H12ClN3O4/c11-9-2-1-8(14(16)17)10(12-9)13-3-4-18-7(5-13)6-15/h1-2,7,15H,3-6H2. The van der Waals surface area contributed by atoms with E-state index in [1.807, 2.05) is 0 Å². The van der Waals surface area contributed by atoms with Crippen molar-refractivity contribution in [2.75, 3.05) is 31.2 Å². The van der Waals surface area contributed by atoms with Gasteiger partial charge in [0.15, 0.2) is 0 Å². The highest BCUT2D eigenvalue weighted by Crippen LogP contribution is 2.28. The molecule has 0 bridgehead atoms. The van der Waals surface area contributed by atoms with Crippen molar-refractivity contribution in [3.8, 4) is 0 Å². The topological polar surface area (TPSA) is 88.7 Å². The monoisotopic (exact) mass is 273 g/mol. The molecule has 1 saturated heterocycles. The van der Waals surface area contributed by atoms with E-state index in [4.69, 9.17) is 21.4 Å². The SMILES string of the molecule is O=[N+]([O-])c1ccc(Cl)nc1N1CCOC(CO)C1. The Balaban J connectivity index is 2.31. The number of hydrogen-bond acceptors (Lipinski definition) is 6. The molecule has 18 heavy (non-hydrogen) atoms. The summed E-state index contributed by atoms with van der Waals surface area (Å²) in [5.41, 5.74) is -0.0991. The summed E-state index contributed by atoms with van der Waals surface area (Å²) in [4.78, 5) is 16.1. The second-order valence-corrected chi connectivity index (χ2v) is 4.24. The van der Waals surface area contributed by atoms with Crippen LogP contribution < -0.4 is 4.90 Å². The van der Waals surface area contributed by atoms with Crippen molar-refractivity contribution >= 4 is 23.1 Å². The number of rotatable bonds is 3. The lowest BCUT2D eigenvalue weighted by atomic mass is 10.2. The Labute approximate surface area is 108 Å². The molecule has 7 nitrogen and oxygen atoms in total. The molecule has 1 fully saturated rings. The largest absolute Gasteiger partial charge is 0.394 e. The van der Waals surface area contributed by atoms with Crippen molar-refractivity contribution in [2.45, 2.75) is 6.10 Å². The fraction of sp³-hybridized carbons (Fsp3) is 0.500. The Hall–Kier alpha value is -1.44. The van der Waals surface area contributed by atoms with Gasteiger partial charge in [0.05, 0.1) is 24.2 Å². The van der Waals surface area contributed by atoms with Gasteiger partial charge in [-0.05, 0) is 6.07 Å². The summed E-state index contributed by atoms with van der Waals surface area (Å²) in [5, 5.41) is 20.2. The molecule has 0 spiro atoms. The molecule has 0 radical (unpaired) electrons. The normalized spacial score (nSPS) is 19.9. The summed E-state index contributed by atoms with van der Waals surface area (Å²) in [6, 6.07) is 2.71. The van der Waals surface area contributed by atoms with Gasteiger partial charge in [0.25, 0.3) is 0 Å². The van der Waals surface area contributed by atoms with Crippen LogP contribution in [-0.4, -0.2) is 47.4 Å². The number of anilines is 1. The summed E-state index contributed by atoms with van der Waals surface area (Å²) >= 11 is 5.77. The highest BCUT2D eigenvalue weighted by molar-refractivity contribution is 6.29. The second-order valence-electron chi connectivity index (χ2n) is 3.86. The Morgan fingerprint density at radius 3 is 3.11 bits per heavy atom. The van der Waals surface area contributed by atoms with Crippen LogP contribution in [-0.2, 0) is 4.74 Å². The van der Waals surface area contributed by atoms with E-state index in [1.165, 1.54) is 12.1 Å². The number of halogens is 1. The molecule has 1 unspecified atom stereocenters.